The molecule has 736 valence electrons. The van der Waals surface area contributed by atoms with E-state index < -0.39 is 16.1 Å². The van der Waals surface area contributed by atoms with Gasteiger partial charge in [-0.15, -0.1) is 0 Å². The summed E-state index contributed by atoms with van der Waals surface area (Å²) in [4.78, 5) is 25.1. The van der Waals surface area contributed by atoms with Crippen molar-refractivity contribution in [2.75, 3.05) is 6.26 Å². The van der Waals surface area contributed by atoms with Crippen molar-refractivity contribution in [2.24, 2.45) is 41.4 Å². The van der Waals surface area contributed by atoms with Crippen LogP contribution in [0.5, 0.6) is 34.5 Å². The van der Waals surface area contributed by atoms with Crippen molar-refractivity contribution >= 4 is 177 Å². The van der Waals surface area contributed by atoms with Crippen LogP contribution in [-0.2, 0) is 38.9 Å². The molecule has 0 amide bonds. The molecule has 8 fully saturated rings. The minimum atomic E-state index is -3.48. The van der Waals surface area contributed by atoms with Crippen LogP contribution in [0.4, 0.5) is 0 Å². The number of carbonyl (C=O) groups is 2. The molecule has 0 aromatic heterocycles. The van der Waals surface area contributed by atoms with Crippen molar-refractivity contribution in [2.45, 2.75) is 296 Å². The van der Waals surface area contributed by atoms with Crippen molar-refractivity contribution in [3.8, 4) is 34.5 Å². The molecule has 138 heavy (non-hydrogen) atoms. The number of aliphatic hydroxyl groups excluding tert-OH is 1. The van der Waals surface area contributed by atoms with E-state index in [0.29, 0.717) is 55.7 Å². The topological polar surface area (TPSA) is 177 Å². The molecule has 2 heterocycles. The fraction of sp³-hybridized carbons (Fsp3) is 0.466. The van der Waals surface area contributed by atoms with Gasteiger partial charge in [0.1, 0.15) is 40.8 Å². The summed E-state index contributed by atoms with van der Waals surface area (Å²) < 4.78 is 66.3. The number of piperidine rings is 2. The maximum Gasteiger partial charge on any atom is 0.306 e. The first-order valence-corrected chi connectivity index (χ1v) is 55.6. The van der Waals surface area contributed by atoms with E-state index >= 15 is 0 Å². The Morgan fingerprint density at radius 1 is 0.362 bits per heavy atom. The van der Waals surface area contributed by atoms with E-state index in [2.05, 4.69) is 151 Å². The molecular formula is C116H134Br2Cl5NO13S. The summed E-state index contributed by atoms with van der Waals surface area (Å²) >= 11 is 39.9. The largest absolute Gasteiger partial charge is 0.490 e. The number of halogens is 7. The molecule has 22 heteroatoms. The van der Waals surface area contributed by atoms with E-state index in [-0.39, 0.29) is 43.5 Å². The Morgan fingerprint density at radius 3 is 1.04 bits per heavy atom. The second-order valence-corrected chi connectivity index (χ2v) is 46.1. The molecule has 2 saturated heterocycles. The third-order valence-corrected chi connectivity index (χ3v) is 33.2. The van der Waals surface area contributed by atoms with Gasteiger partial charge in [0.05, 0.1) is 87.1 Å². The third-order valence-electron chi connectivity index (χ3n) is 29.7. The van der Waals surface area contributed by atoms with Crippen LogP contribution in [0.25, 0.3) is 64.6 Å². The number of fused-ring (bicyclic) bond motifs is 8. The predicted molar refractivity (Wildman–Crippen MR) is 575 cm³/mol. The van der Waals surface area contributed by atoms with E-state index in [4.69, 9.17) is 90.6 Å². The standard InChI is InChI=1S/C27H34ClNO3.C19H23ClO4S.C18H21ClO2.C18H19ClO2.C17H18BrClO.C17H19BrO/c1-17-5-10-23(11-6-17)32-25-12-9-19-8-7-18(13-24(19)26(25)28)16-29-21-3-2-4-22(29)15-20(14-21)27(30)31;1-13-3-8-16(9-4-13)24-18-10-7-15-6-5-14(11-17(15)19(18)20)12-23-25(2,21)22;2*1-12-2-7-15(8-3-12)21-17-9-6-14-5-4-13(11-20)10-16(14)18(17)19;1-11-2-7-14(8-3-11)20-16-9-5-12-4-6-13(18)10-15(12)17(16)19;1-12-2-7-16(8-3-12)19-17-9-5-13-4-6-15(18)10-14(13)11-17/h7-9,12-13,17,20-23H,2-6,10-11,14-16H2,1H3,(H,30,31);5-7,10-11,13,16H,3-4,8-9,12H2,1-2H3;4-6,9-10,12,15,20H,2-3,7-8,11H2,1H3;4-6,9-12,15H,2-3,7-8H2,1H3;4-6,9-11,14H,2-3,7-8H2,1H3;4-6,9-12,16H,2-3,7-8H2,1H3. The van der Waals surface area contributed by atoms with Gasteiger partial charge >= 0.3 is 5.97 Å². The van der Waals surface area contributed by atoms with Gasteiger partial charge in [0.2, 0.25) is 0 Å². The molecule has 2 N–H and O–H groups in total. The summed E-state index contributed by atoms with van der Waals surface area (Å²) in [6.07, 6.45) is 36.7. The maximum atomic E-state index is 11.6. The van der Waals surface area contributed by atoms with Crippen molar-refractivity contribution in [1.82, 2.24) is 4.90 Å². The molecule has 6 aliphatic carbocycles. The molecule has 20 rings (SSSR count). The average Bonchev–Trinajstić information content (AvgIpc) is 0.787. The average molecular weight is 2120 g/mol. The highest BCUT2D eigenvalue weighted by atomic mass is 79.9. The first-order chi connectivity index (χ1) is 66.5. The van der Waals surface area contributed by atoms with Gasteiger partial charge in [-0.05, 0) is 361 Å². The zero-order valence-electron chi connectivity index (χ0n) is 80.6. The lowest BCUT2D eigenvalue weighted by molar-refractivity contribution is -0.146. The number of hydrogen-bond donors (Lipinski definition) is 2. The van der Waals surface area contributed by atoms with Crippen LogP contribution in [0.15, 0.2) is 197 Å². The SMILES string of the molecule is CC1CCC(Oc2ccc3ccc(Br)cc3c2)CC1.CC1CCC(Oc2ccc3ccc(Br)cc3c2Cl)CC1.CC1CCC(Oc2ccc3ccc(C=O)cc3c2Cl)CC1.CC1CCC(Oc2ccc3ccc(CN4C5CCCC4CC(C(=O)O)C5)cc3c2Cl)CC1.CC1CCC(Oc2ccc3ccc(CO)cc3c2Cl)CC1.CC1CCC(Oc2ccc3ccc(COS(C)(=O)=O)cc3c2Cl)CC1. The van der Waals surface area contributed by atoms with Gasteiger partial charge in [-0.3, -0.25) is 18.7 Å². The number of nitrogens with zero attached hydrogens (tertiary/aromatic N) is 1. The Kier molecular flexibility index (Phi) is 37.6. The fourth-order valence-electron chi connectivity index (χ4n) is 21.0. The minimum absolute atomic E-state index is 0.00327. The molecule has 12 aromatic carbocycles. The van der Waals surface area contributed by atoms with Crippen LogP contribution in [0.2, 0.25) is 25.1 Å². The monoisotopic (exact) mass is 2110 g/mol. The quantitative estimate of drug-likeness (QED) is 0.0544. The van der Waals surface area contributed by atoms with Gasteiger partial charge in [0, 0.05) is 60.1 Å². The number of ether oxygens (including phenoxy) is 6. The van der Waals surface area contributed by atoms with E-state index in [1.54, 1.807) is 6.07 Å². The Bertz CT molecular complexity index is 6240. The number of aliphatic carboxylic acids is 1. The molecule has 2 atom stereocenters. The predicted octanol–water partition coefficient (Wildman–Crippen LogP) is 33.6. The zero-order chi connectivity index (χ0) is 97.3. The Balaban J connectivity index is 0.000000127. The summed E-state index contributed by atoms with van der Waals surface area (Å²) in [5, 5.41) is 34.7. The number of hydrogen-bond acceptors (Lipinski definition) is 13. The lowest BCUT2D eigenvalue weighted by atomic mass is 9.78. The third kappa shape index (κ3) is 28.9. The van der Waals surface area contributed by atoms with Crippen molar-refractivity contribution in [3.05, 3.63) is 244 Å². The Labute approximate surface area is 858 Å². The smallest absolute Gasteiger partial charge is 0.306 e. The van der Waals surface area contributed by atoms with Gasteiger partial charge < -0.3 is 38.6 Å². The molecule has 2 bridgehead atoms. The van der Waals surface area contributed by atoms with Gasteiger partial charge in [-0.1, -0.05) is 235 Å². The molecule has 8 aliphatic rings. The summed E-state index contributed by atoms with van der Waals surface area (Å²) in [6.45, 7) is 14.7. The first-order valence-electron chi connectivity index (χ1n) is 50.3. The second kappa shape index (κ2) is 49.6. The minimum Gasteiger partial charge on any atom is -0.490 e. The molecule has 12 aromatic rings. The molecule has 2 aliphatic heterocycles. The van der Waals surface area contributed by atoms with Crippen molar-refractivity contribution in [1.29, 1.82) is 0 Å². The van der Waals surface area contributed by atoms with Gasteiger partial charge in [0.15, 0.2) is 0 Å². The molecular weight excluding hydrogens is 1980 g/mol. The van der Waals surface area contributed by atoms with E-state index in [9.17, 15) is 28.2 Å². The van der Waals surface area contributed by atoms with Crippen LogP contribution in [0.1, 0.15) is 255 Å². The molecule has 0 radical (unpaired) electrons. The lowest BCUT2D eigenvalue weighted by Gasteiger charge is -2.48. The molecule has 14 nitrogen and oxygen atoms in total. The highest BCUT2D eigenvalue weighted by Gasteiger charge is 2.41. The number of rotatable bonds is 20. The summed E-state index contributed by atoms with van der Waals surface area (Å²) in [5.74, 6) is 8.86. The van der Waals surface area contributed by atoms with Gasteiger partial charge in [-0.25, -0.2) is 0 Å². The molecule has 6 saturated carbocycles. The fourth-order valence-corrected chi connectivity index (χ4v) is 23.5. The number of carboxylic acid groups (broad SMARTS) is 1. The number of aliphatic hydroxyl groups is 1. The Hall–Kier alpha value is -7.62. The summed E-state index contributed by atoms with van der Waals surface area (Å²) in [7, 11) is -3.48. The van der Waals surface area contributed by atoms with Gasteiger partial charge in [-0.2, -0.15) is 8.42 Å². The number of benzene rings is 12. The van der Waals surface area contributed by atoms with Crippen LogP contribution in [0, 0.1) is 41.4 Å². The molecule has 0 spiro atoms. The highest BCUT2D eigenvalue weighted by Crippen LogP contribution is 2.46. The maximum absolute atomic E-state index is 11.6. The highest BCUT2D eigenvalue weighted by molar-refractivity contribution is 9.10. The lowest BCUT2D eigenvalue weighted by Crippen LogP contribution is -2.52. The number of carbonyl (C=O) groups excluding carboxylic acids is 1. The van der Waals surface area contributed by atoms with E-state index in [1.165, 1.54) is 113 Å². The first kappa shape index (κ1) is 105. The second-order valence-electron chi connectivity index (χ2n) is 40.7. The van der Waals surface area contributed by atoms with Gasteiger partial charge in [0.25, 0.3) is 10.1 Å². The normalized spacial score (nSPS) is 24.4. The van der Waals surface area contributed by atoms with Crippen molar-refractivity contribution < 1.29 is 60.8 Å². The summed E-state index contributed by atoms with van der Waals surface area (Å²) in [6, 6.07) is 63.2. The van der Waals surface area contributed by atoms with Crippen LogP contribution in [-0.4, -0.2) is 90.7 Å². The van der Waals surface area contributed by atoms with E-state index in [1.807, 2.05) is 109 Å². The summed E-state index contributed by atoms with van der Waals surface area (Å²) in [5.41, 5.74) is 3.50. The van der Waals surface area contributed by atoms with Crippen LogP contribution in [0.3, 0.4) is 0 Å². The Morgan fingerprint density at radius 2 is 0.667 bits per heavy atom. The van der Waals surface area contributed by atoms with Crippen LogP contribution < -0.4 is 28.4 Å². The zero-order valence-corrected chi connectivity index (χ0v) is 88.4. The van der Waals surface area contributed by atoms with Crippen molar-refractivity contribution in [3.63, 3.8) is 0 Å². The van der Waals surface area contributed by atoms with Crippen LogP contribution >= 0.6 is 89.9 Å². The molecule has 2 unspecified atom stereocenters. The number of carboxylic acids is 1. The van der Waals surface area contributed by atoms with E-state index in [0.717, 1.165) is 252 Å². The number of aldehydes is 1.